The molecule has 0 aliphatic heterocycles. The van der Waals surface area contributed by atoms with Gasteiger partial charge in [0.05, 0.1) is 5.33 Å². The minimum absolute atomic E-state index is 0.623. The average molecular weight is 371 g/mol. The molecule has 2 aromatic rings. The summed E-state index contributed by atoms with van der Waals surface area (Å²) in [5, 5.41) is 9.38. The maximum absolute atomic E-state index is 4.34. The second-order valence-electron chi connectivity index (χ2n) is 4.57. The summed E-state index contributed by atoms with van der Waals surface area (Å²) in [6.45, 7) is 0. The van der Waals surface area contributed by atoms with Crippen molar-refractivity contribution in [3.05, 3.63) is 46.0 Å². The monoisotopic (exact) mass is 369 g/mol. The second-order valence-corrected chi connectivity index (χ2v) is 6.05. The molecule has 1 aromatic carbocycles. The first kappa shape index (κ1) is 12.4. The lowest BCUT2D eigenvalue weighted by Gasteiger charge is -2.07. The van der Waals surface area contributed by atoms with Crippen LogP contribution in [-0.2, 0) is 11.8 Å². The number of halogens is 2. The van der Waals surface area contributed by atoms with Gasteiger partial charge in [-0.2, -0.15) is 0 Å². The SMILES string of the molecule is BrCc1nnc(Cc2ccc(Br)cc2)n1C1CC1. The van der Waals surface area contributed by atoms with E-state index in [-0.39, 0.29) is 0 Å². The Morgan fingerprint density at radius 2 is 1.78 bits per heavy atom. The van der Waals surface area contributed by atoms with Gasteiger partial charge in [0.2, 0.25) is 0 Å². The molecular formula is C13H13Br2N3. The van der Waals surface area contributed by atoms with E-state index in [0.29, 0.717) is 6.04 Å². The zero-order valence-corrected chi connectivity index (χ0v) is 13.0. The molecule has 1 heterocycles. The van der Waals surface area contributed by atoms with Gasteiger partial charge in [-0.1, -0.05) is 44.0 Å². The molecule has 0 radical (unpaired) electrons. The van der Waals surface area contributed by atoms with E-state index in [4.69, 9.17) is 0 Å². The Balaban J connectivity index is 1.88. The van der Waals surface area contributed by atoms with Crippen LogP contribution in [0.1, 0.15) is 36.1 Å². The minimum Gasteiger partial charge on any atom is -0.311 e. The summed E-state index contributed by atoms with van der Waals surface area (Å²) in [5.74, 6) is 2.12. The summed E-state index contributed by atoms with van der Waals surface area (Å²) >= 11 is 6.94. The van der Waals surface area contributed by atoms with Crippen LogP contribution in [0.2, 0.25) is 0 Å². The molecule has 1 aromatic heterocycles. The van der Waals surface area contributed by atoms with Crippen LogP contribution < -0.4 is 0 Å². The molecule has 3 nitrogen and oxygen atoms in total. The number of rotatable bonds is 4. The Morgan fingerprint density at radius 3 is 2.39 bits per heavy atom. The molecule has 0 spiro atoms. The molecule has 94 valence electrons. The quantitative estimate of drug-likeness (QED) is 0.765. The summed E-state index contributed by atoms with van der Waals surface area (Å²) in [6.07, 6.45) is 3.36. The van der Waals surface area contributed by atoms with Gasteiger partial charge in [-0.15, -0.1) is 10.2 Å². The zero-order chi connectivity index (χ0) is 12.5. The third kappa shape index (κ3) is 2.52. The number of nitrogens with zero attached hydrogens (tertiary/aromatic N) is 3. The predicted octanol–water partition coefficient (Wildman–Crippen LogP) is 3.86. The van der Waals surface area contributed by atoms with Crippen molar-refractivity contribution in [3.8, 4) is 0 Å². The van der Waals surface area contributed by atoms with E-state index >= 15 is 0 Å². The van der Waals surface area contributed by atoms with E-state index in [2.05, 4.69) is 70.9 Å². The van der Waals surface area contributed by atoms with Crippen molar-refractivity contribution >= 4 is 31.9 Å². The lowest BCUT2D eigenvalue weighted by atomic mass is 10.1. The normalized spacial score (nSPS) is 15.0. The van der Waals surface area contributed by atoms with Crippen molar-refractivity contribution in [1.29, 1.82) is 0 Å². The molecule has 3 rings (SSSR count). The number of alkyl halides is 1. The lowest BCUT2D eigenvalue weighted by molar-refractivity contribution is 0.671. The molecule has 0 unspecified atom stereocenters. The largest absolute Gasteiger partial charge is 0.311 e. The van der Waals surface area contributed by atoms with Crippen LogP contribution >= 0.6 is 31.9 Å². The van der Waals surface area contributed by atoms with Gasteiger partial charge in [0.25, 0.3) is 0 Å². The molecule has 1 aliphatic carbocycles. The van der Waals surface area contributed by atoms with Crippen molar-refractivity contribution in [2.24, 2.45) is 0 Å². The highest BCUT2D eigenvalue weighted by molar-refractivity contribution is 9.10. The zero-order valence-electron chi connectivity index (χ0n) is 9.81. The van der Waals surface area contributed by atoms with Crippen molar-refractivity contribution in [2.75, 3.05) is 0 Å². The van der Waals surface area contributed by atoms with Crippen LogP contribution in [-0.4, -0.2) is 14.8 Å². The van der Waals surface area contributed by atoms with Crippen molar-refractivity contribution in [2.45, 2.75) is 30.6 Å². The van der Waals surface area contributed by atoms with E-state index in [1.807, 2.05) is 0 Å². The third-order valence-electron chi connectivity index (χ3n) is 3.14. The molecule has 0 N–H and O–H groups in total. The molecule has 0 saturated heterocycles. The Hall–Kier alpha value is -0.680. The molecule has 1 aliphatic rings. The molecular weight excluding hydrogens is 358 g/mol. The minimum atomic E-state index is 0.623. The van der Waals surface area contributed by atoms with Crippen LogP contribution in [0.3, 0.4) is 0 Å². The van der Waals surface area contributed by atoms with Crippen molar-refractivity contribution in [1.82, 2.24) is 14.8 Å². The van der Waals surface area contributed by atoms with Crippen LogP contribution in [0.5, 0.6) is 0 Å². The lowest BCUT2D eigenvalue weighted by Crippen LogP contribution is -2.05. The molecule has 0 amide bonds. The first-order valence-electron chi connectivity index (χ1n) is 6.01. The molecule has 1 saturated carbocycles. The Bertz CT molecular complexity index is 544. The van der Waals surface area contributed by atoms with Crippen LogP contribution in [0, 0.1) is 0 Å². The maximum Gasteiger partial charge on any atom is 0.143 e. The molecule has 18 heavy (non-hydrogen) atoms. The molecule has 1 fully saturated rings. The fourth-order valence-electron chi connectivity index (χ4n) is 2.11. The van der Waals surface area contributed by atoms with Gasteiger partial charge in [-0.05, 0) is 30.5 Å². The Kier molecular flexibility index (Phi) is 3.52. The van der Waals surface area contributed by atoms with Gasteiger partial charge in [0.15, 0.2) is 0 Å². The number of aromatic nitrogens is 3. The fourth-order valence-corrected chi connectivity index (χ4v) is 2.76. The predicted molar refractivity (Wildman–Crippen MR) is 77.9 cm³/mol. The topological polar surface area (TPSA) is 30.7 Å². The number of benzene rings is 1. The van der Waals surface area contributed by atoms with E-state index < -0.39 is 0 Å². The Morgan fingerprint density at radius 1 is 1.11 bits per heavy atom. The van der Waals surface area contributed by atoms with Gasteiger partial charge in [-0.25, -0.2) is 0 Å². The van der Waals surface area contributed by atoms with Gasteiger partial charge >= 0.3 is 0 Å². The van der Waals surface area contributed by atoms with E-state index in [9.17, 15) is 0 Å². The van der Waals surface area contributed by atoms with Crippen LogP contribution in [0.4, 0.5) is 0 Å². The average Bonchev–Trinajstić information content (AvgIpc) is 3.14. The van der Waals surface area contributed by atoms with E-state index in [1.54, 1.807) is 0 Å². The molecule has 0 atom stereocenters. The highest BCUT2D eigenvalue weighted by Gasteiger charge is 2.28. The van der Waals surface area contributed by atoms with Gasteiger partial charge in [0.1, 0.15) is 11.6 Å². The maximum atomic E-state index is 4.34. The molecule has 5 heteroatoms. The summed E-state index contributed by atoms with van der Waals surface area (Å²) < 4.78 is 3.41. The van der Waals surface area contributed by atoms with Gasteiger partial charge in [-0.3, -0.25) is 0 Å². The summed E-state index contributed by atoms with van der Waals surface area (Å²) in [7, 11) is 0. The number of hydrogen-bond acceptors (Lipinski definition) is 2. The molecule has 0 bridgehead atoms. The third-order valence-corrected chi connectivity index (χ3v) is 4.17. The smallest absolute Gasteiger partial charge is 0.143 e. The summed E-state index contributed by atoms with van der Waals surface area (Å²) in [4.78, 5) is 0. The number of hydrogen-bond donors (Lipinski definition) is 0. The van der Waals surface area contributed by atoms with E-state index in [0.717, 1.165) is 27.9 Å². The van der Waals surface area contributed by atoms with Crippen LogP contribution in [0.25, 0.3) is 0 Å². The first-order chi connectivity index (χ1) is 8.78. The highest BCUT2D eigenvalue weighted by atomic mass is 79.9. The second kappa shape index (κ2) is 5.13. The fraction of sp³-hybridized carbons (Fsp3) is 0.385. The van der Waals surface area contributed by atoms with E-state index in [1.165, 1.54) is 18.4 Å². The van der Waals surface area contributed by atoms with Crippen molar-refractivity contribution < 1.29 is 0 Å². The summed E-state index contributed by atoms with van der Waals surface area (Å²) in [6, 6.07) is 9.02. The Labute approximate surface area is 123 Å². The highest BCUT2D eigenvalue weighted by Crippen LogP contribution is 2.37. The summed E-state index contributed by atoms with van der Waals surface area (Å²) in [5.41, 5.74) is 1.27. The standard InChI is InChI=1S/C13H13Br2N3/c14-8-13-17-16-12(18(13)11-5-6-11)7-9-1-3-10(15)4-2-9/h1-4,11H,5-8H2. The first-order valence-corrected chi connectivity index (χ1v) is 7.92. The van der Waals surface area contributed by atoms with Gasteiger partial charge in [0, 0.05) is 16.9 Å². The van der Waals surface area contributed by atoms with Crippen LogP contribution in [0.15, 0.2) is 28.7 Å². The van der Waals surface area contributed by atoms with Gasteiger partial charge < -0.3 is 4.57 Å². The van der Waals surface area contributed by atoms with Crippen molar-refractivity contribution in [3.63, 3.8) is 0 Å².